The van der Waals surface area contributed by atoms with Crippen LogP contribution in [-0.2, 0) is 0 Å². The normalized spacial score (nSPS) is 16.5. The number of nitrogen functional groups attached to an aromatic ring is 1. The Morgan fingerprint density at radius 3 is 2.50 bits per heavy atom. The Labute approximate surface area is 143 Å². The van der Waals surface area contributed by atoms with Crippen molar-refractivity contribution >= 4 is 17.5 Å². The van der Waals surface area contributed by atoms with Gasteiger partial charge in [0, 0.05) is 27.2 Å². The number of rotatable bonds is 4. The molecule has 3 rings (SSSR count). The number of nitrogens with zero attached hydrogens (tertiary/aromatic N) is 5. The topological polar surface area (TPSA) is 71.2 Å². The van der Waals surface area contributed by atoms with Gasteiger partial charge in [0.25, 0.3) is 0 Å². The van der Waals surface area contributed by atoms with Gasteiger partial charge in [-0.05, 0) is 24.5 Å². The molecule has 0 bridgehead atoms. The van der Waals surface area contributed by atoms with Gasteiger partial charge in [0.05, 0.1) is 6.04 Å². The van der Waals surface area contributed by atoms with Gasteiger partial charge in [-0.25, -0.2) is 0 Å². The van der Waals surface area contributed by atoms with E-state index in [9.17, 15) is 0 Å². The van der Waals surface area contributed by atoms with E-state index in [2.05, 4.69) is 63.2 Å². The molecule has 2 heterocycles. The van der Waals surface area contributed by atoms with E-state index in [0.717, 1.165) is 25.3 Å². The SMILES string of the molecule is C[C@H](c1nc(N)nc(N(C)C)n1)N1CC=C(c2ccccc2)CC1. The Morgan fingerprint density at radius 1 is 1.12 bits per heavy atom. The van der Waals surface area contributed by atoms with E-state index >= 15 is 0 Å². The van der Waals surface area contributed by atoms with Crippen LogP contribution in [0.2, 0.25) is 0 Å². The molecule has 0 fully saturated rings. The number of aromatic nitrogens is 3. The summed E-state index contributed by atoms with van der Waals surface area (Å²) < 4.78 is 0. The Bertz CT molecular complexity index is 726. The van der Waals surface area contributed by atoms with Gasteiger partial charge in [-0.3, -0.25) is 4.90 Å². The van der Waals surface area contributed by atoms with Crippen LogP contribution in [0.5, 0.6) is 0 Å². The third-order valence-electron chi connectivity index (χ3n) is 4.36. The lowest BCUT2D eigenvalue weighted by Crippen LogP contribution is -2.32. The predicted octanol–water partition coefficient (Wildman–Crippen LogP) is 2.37. The summed E-state index contributed by atoms with van der Waals surface area (Å²) in [5.41, 5.74) is 8.56. The molecule has 6 heteroatoms. The minimum atomic E-state index is 0.0996. The summed E-state index contributed by atoms with van der Waals surface area (Å²) in [6.45, 7) is 3.98. The first-order valence-corrected chi connectivity index (χ1v) is 8.22. The molecule has 0 unspecified atom stereocenters. The third-order valence-corrected chi connectivity index (χ3v) is 4.36. The lowest BCUT2D eigenvalue weighted by molar-refractivity contribution is 0.225. The number of nitrogens with two attached hydrogens (primary N) is 1. The van der Waals surface area contributed by atoms with Crippen molar-refractivity contribution in [1.29, 1.82) is 0 Å². The molecule has 1 aliphatic heterocycles. The molecule has 0 saturated heterocycles. The molecule has 24 heavy (non-hydrogen) atoms. The van der Waals surface area contributed by atoms with Gasteiger partial charge in [-0.2, -0.15) is 15.0 Å². The van der Waals surface area contributed by atoms with Crippen molar-refractivity contribution in [2.24, 2.45) is 0 Å². The van der Waals surface area contributed by atoms with Crippen LogP contribution in [0.4, 0.5) is 11.9 Å². The second-order valence-corrected chi connectivity index (χ2v) is 6.26. The van der Waals surface area contributed by atoms with Gasteiger partial charge in [0.15, 0.2) is 5.82 Å². The highest BCUT2D eigenvalue weighted by molar-refractivity contribution is 5.66. The standard InChI is InChI=1S/C18H24N6/c1-13(16-20-17(19)22-18(21-16)23(2)3)24-11-9-15(10-12-24)14-7-5-4-6-8-14/h4-9,13H,10-12H2,1-3H3,(H2,19,20,21,22)/t13-/m1/s1. The van der Waals surface area contributed by atoms with E-state index in [1.54, 1.807) is 0 Å². The van der Waals surface area contributed by atoms with Crippen molar-refractivity contribution in [1.82, 2.24) is 19.9 Å². The van der Waals surface area contributed by atoms with Gasteiger partial charge in [0.2, 0.25) is 11.9 Å². The quantitative estimate of drug-likeness (QED) is 0.931. The zero-order chi connectivity index (χ0) is 17.1. The van der Waals surface area contributed by atoms with Gasteiger partial charge >= 0.3 is 0 Å². The Morgan fingerprint density at radius 2 is 1.88 bits per heavy atom. The molecule has 0 amide bonds. The van der Waals surface area contributed by atoms with Crippen LogP contribution in [0.25, 0.3) is 5.57 Å². The molecule has 1 aromatic heterocycles. The lowest BCUT2D eigenvalue weighted by atomic mass is 9.99. The first-order valence-electron chi connectivity index (χ1n) is 8.22. The number of hydrogen-bond acceptors (Lipinski definition) is 6. The average Bonchev–Trinajstić information content (AvgIpc) is 2.61. The fourth-order valence-electron chi connectivity index (χ4n) is 2.90. The zero-order valence-corrected chi connectivity index (χ0v) is 14.5. The smallest absolute Gasteiger partial charge is 0.229 e. The van der Waals surface area contributed by atoms with Crippen LogP contribution in [0.3, 0.4) is 0 Å². The average molecular weight is 324 g/mol. The molecule has 0 spiro atoms. The van der Waals surface area contributed by atoms with E-state index < -0.39 is 0 Å². The van der Waals surface area contributed by atoms with Crippen molar-refractivity contribution in [3.05, 3.63) is 47.8 Å². The summed E-state index contributed by atoms with van der Waals surface area (Å²) in [5.74, 6) is 1.60. The number of hydrogen-bond donors (Lipinski definition) is 1. The highest BCUT2D eigenvalue weighted by atomic mass is 15.3. The predicted molar refractivity (Wildman–Crippen MR) is 97.6 cm³/mol. The van der Waals surface area contributed by atoms with Crippen molar-refractivity contribution < 1.29 is 0 Å². The summed E-state index contributed by atoms with van der Waals surface area (Å²) in [4.78, 5) is 17.3. The molecule has 0 radical (unpaired) electrons. The minimum absolute atomic E-state index is 0.0996. The first kappa shape index (κ1) is 16.4. The second-order valence-electron chi connectivity index (χ2n) is 6.26. The molecule has 2 aromatic rings. The van der Waals surface area contributed by atoms with Crippen LogP contribution >= 0.6 is 0 Å². The van der Waals surface area contributed by atoms with Crippen LogP contribution in [0, 0.1) is 0 Å². The van der Waals surface area contributed by atoms with Crippen molar-refractivity contribution in [2.75, 3.05) is 37.8 Å². The van der Waals surface area contributed by atoms with E-state index in [1.807, 2.05) is 19.0 Å². The largest absolute Gasteiger partial charge is 0.368 e. The minimum Gasteiger partial charge on any atom is -0.368 e. The third kappa shape index (κ3) is 3.54. The van der Waals surface area contributed by atoms with E-state index in [1.165, 1.54) is 11.1 Å². The maximum absolute atomic E-state index is 5.84. The summed E-state index contributed by atoms with van der Waals surface area (Å²) in [5, 5.41) is 0. The lowest BCUT2D eigenvalue weighted by Gasteiger charge is -2.31. The summed E-state index contributed by atoms with van der Waals surface area (Å²) in [7, 11) is 3.80. The van der Waals surface area contributed by atoms with Crippen molar-refractivity contribution in [2.45, 2.75) is 19.4 Å². The maximum Gasteiger partial charge on any atom is 0.229 e. The molecule has 0 aliphatic carbocycles. The van der Waals surface area contributed by atoms with E-state index in [4.69, 9.17) is 5.73 Å². The maximum atomic E-state index is 5.84. The van der Waals surface area contributed by atoms with Gasteiger partial charge in [-0.15, -0.1) is 0 Å². The van der Waals surface area contributed by atoms with E-state index in [0.29, 0.717) is 5.95 Å². The van der Waals surface area contributed by atoms with Gasteiger partial charge in [0.1, 0.15) is 0 Å². The Hall–Kier alpha value is -2.47. The molecule has 2 N–H and O–H groups in total. The summed E-state index contributed by atoms with van der Waals surface area (Å²) in [6, 6.07) is 10.7. The second kappa shape index (κ2) is 6.97. The van der Waals surface area contributed by atoms with Crippen molar-refractivity contribution in [3.63, 3.8) is 0 Å². The molecule has 126 valence electrons. The molecule has 0 saturated carbocycles. The van der Waals surface area contributed by atoms with Crippen molar-refractivity contribution in [3.8, 4) is 0 Å². The fourth-order valence-corrected chi connectivity index (χ4v) is 2.90. The van der Waals surface area contributed by atoms with Crippen LogP contribution in [0.1, 0.15) is 30.8 Å². The molecule has 1 aliphatic rings. The van der Waals surface area contributed by atoms with Crippen LogP contribution < -0.4 is 10.6 Å². The highest BCUT2D eigenvalue weighted by Crippen LogP contribution is 2.27. The number of anilines is 2. The number of benzene rings is 1. The summed E-state index contributed by atoms with van der Waals surface area (Å²) >= 11 is 0. The molecule has 1 aromatic carbocycles. The first-order chi connectivity index (χ1) is 11.5. The molecule has 6 nitrogen and oxygen atoms in total. The molecular formula is C18H24N6. The van der Waals surface area contributed by atoms with Gasteiger partial charge < -0.3 is 10.6 Å². The van der Waals surface area contributed by atoms with Gasteiger partial charge in [-0.1, -0.05) is 36.4 Å². The highest BCUT2D eigenvalue weighted by Gasteiger charge is 2.22. The van der Waals surface area contributed by atoms with Crippen LogP contribution in [-0.4, -0.2) is 47.0 Å². The van der Waals surface area contributed by atoms with E-state index in [-0.39, 0.29) is 12.0 Å². The zero-order valence-electron chi connectivity index (χ0n) is 14.5. The Balaban J connectivity index is 1.76. The molecular weight excluding hydrogens is 300 g/mol. The van der Waals surface area contributed by atoms with Crippen LogP contribution in [0.15, 0.2) is 36.4 Å². The fraction of sp³-hybridized carbons (Fsp3) is 0.389. The monoisotopic (exact) mass is 324 g/mol. The summed E-state index contributed by atoms with van der Waals surface area (Å²) in [6.07, 6.45) is 3.32. The molecule has 1 atom stereocenters. The Kier molecular flexibility index (Phi) is 4.76.